The monoisotopic (exact) mass is 762 g/mol. The van der Waals surface area contributed by atoms with Crippen LogP contribution < -0.4 is 16.4 Å². The van der Waals surface area contributed by atoms with Gasteiger partial charge in [0.05, 0.1) is 24.4 Å². The molecule has 2 heterocycles. The van der Waals surface area contributed by atoms with E-state index in [-0.39, 0.29) is 42.9 Å². The van der Waals surface area contributed by atoms with Crippen molar-refractivity contribution in [2.45, 2.75) is 88.9 Å². The largest absolute Gasteiger partial charge is 0.481 e. The number of amides is 2. The number of allylic oxidation sites excluding steroid dienone is 4. The lowest BCUT2D eigenvalue weighted by atomic mass is 9.46. The lowest BCUT2D eigenvalue weighted by Crippen LogP contribution is -2.63. The molecule has 1 aromatic carbocycles. The van der Waals surface area contributed by atoms with Gasteiger partial charge in [0.2, 0.25) is 11.8 Å². The molecule has 14 nitrogen and oxygen atoms in total. The van der Waals surface area contributed by atoms with Crippen LogP contribution in [0.1, 0.15) is 75.5 Å². The van der Waals surface area contributed by atoms with E-state index in [9.17, 15) is 34.2 Å². The van der Waals surface area contributed by atoms with Gasteiger partial charge in [-0.05, 0) is 61.7 Å². The maximum atomic E-state index is 13.9. The van der Waals surface area contributed by atoms with E-state index in [0.29, 0.717) is 35.7 Å². The number of nitrogens with two attached hydrogens (primary N) is 1. The first-order chi connectivity index (χ1) is 25.7. The summed E-state index contributed by atoms with van der Waals surface area (Å²) < 4.78 is 13.3. The normalized spacial score (nSPS) is 34.2. The van der Waals surface area contributed by atoms with E-state index in [1.54, 1.807) is 17.5 Å². The minimum absolute atomic E-state index is 0.00719. The van der Waals surface area contributed by atoms with Crippen molar-refractivity contribution in [3.05, 3.63) is 70.3 Å². The van der Waals surface area contributed by atoms with E-state index in [1.807, 2.05) is 37.3 Å². The molecule has 7 rings (SSSR count). The average Bonchev–Trinajstić information content (AvgIpc) is 3.82. The van der Waals surface area contributed by atoms with Crippen molar-refractivity contribution in [3.8, 4) is 0 Å². The van der Waals surface area contributed by atoms with Crippen LogP contribution in [-0.2, 0) is 39.9 Å². The Morgan fingerprint density at radius 3 is 2.63 bits per heavy atom. The summed E-state index contributed by atoms with van der Waals surface area (Å²) >= 11 is 1.20. The molecule has 5 aliphatic rings. The van der Waals surface area contributed by atoms with Gasteiger partial charge in [-0.1, -0.05) is 49.8 Å². The number of Topliss-reactive ketones (excluding diaryl/α,β-unsaturated/α-hetero) is 1. The van der Waals surface area contributed by atoms with Gasteiger partial charge in [0.1, 0.15) is 12.6 Å². The van der Waals surface area contributed by atoms with Crippen molar-refractivity contribution in [1.29, 1.82) is 0 Å². The number of fused-ring (bicyclic) bond motifs is 7. The first kappa shape index (κ1) is 38.2. The zero-order chi connectivity index (χ0) is 38.6. The number of nitrogens with zero attached hydrogens (tertiary/aromatic N) is 1. The average molecular weight is 763 g/mol. The molecule has 4 aliphatic carbocycles. The summed E-state index contributed by atoms with van der Waals surface area (Å²) in [6.45, 7) is 3.05. The fraction of sp³-hybridized carbons (Fsp3) is 0.538. The molecule has 0 radical (unpaired) electrons. The van der Waals surface area contributed by atoms with Gasteiger partial charge < -0.3 is 41.2 Å². The van der Waals surface area contributed by atoms with Crippen molar-refractivity contribution >= 4 is 45.8 Å². The number of aliphatic carboxylic acids is 1. The third-order valence-corrected chi connectivity index (χ3v) is 13.5. The number of ether oxygens (including phenoxy) is 2. The number of anilines is 1. The van der Waals surface area contributed by atoms with Crippen LogP contribution in [0.5, 0.6) is 0 Å². The smallest absolute Gasteiger partial charge is 0.303 e. The Morgan fingerprint density at radius 2 is 1.93 bits per heavy atom. The van der Waals surface area contributed by atoms with Gasteiger partial charge in [0.15, 0.2) is 28.6 Å². The Labute approximate surface area is 316 Å². The molecule has 288 valence electrons. The lowest BCUT2D eigenvalue weighted by Gasteiger charge is -2.59. The predicted molar refractivity (Wildman–Crippen MR) is 195 cm³/mol. The lowest BCUT2D eigenvalue weighted by molar-refractivity contribution is -0.201. The highest BCUT2D eigenvalue weighted by molar-refractivity contribution is 7.13. The SMILES string of the molecule is C[C@]12C=CC(=O)C=C1CC[C@@H]1[C@@H]2[C@@H](O)C[C@@]2(C)[C@H]1C[C@H]1O[C@@H](c3ccc(Cc4csc(NC(=O)[C@H](CCC(=O)O)NC(=O)CN)n4)cc3)O[C@]12C(=O)CO. The van der Waals surface area contributed by atoms with Crippen molar-refractivity contribution in [2.24, 2.45) is 34.3 Å². The second-order valence-electron chi connectivity index (χ2n) is 15.6. The number of benzene rings is 1. The number of carboxylic acid groups (broad SMARTS) is 1. The molecule has 0 spiro atoms. The third kappa shape index (κ3) is 6.43. The molecule has 1 aromatic heterocycles. The summed E-state index contributed by atoms with van der Waals surface area (Å²) in [5, 5.41) is 38.4. The molecule has 2 amide bonds. The number of nitrogens with one attached hydrogen (secondary N) is 2. The molecule has 0 unspecified atom stereocenters. The first-order valence-electron chi connectivity index (χ1n) is 18.4. The Balaban J connectivity index is 1.04. The molecular weight excluding hydrogens is 717 g/mol. The summed E-state index contributed by atoms with van der Waals surface area (Å²) in [4.78, 5) is 66.2. The third-order valence-electron chi connectivity index (χ3n) is 12.7. The van der Waals surface area contributed by atoms with Crippen molar-refractivity contribution in [3.63, 3.8) is 0 Å². The minimum Gasteiger partial charge on any atom is -0.481 e. The highest BCUT2D eigenvalue weighted by atomic mass is 32.1. The van der Waals surface area contributed by atoms with E-state index in [1.165, 1.54) is 11.3 Å². The number of hydrogen-bond acceptors (Lipinski definition) is 12. The minimum atomic E-state index is -1.45. The van der Waals surface area contributed by atoms with Gasteiger partial charge in [0, 0.05) is 40.5 Å². The summed E-state index contributed by atoms with van der Waals surface area (Å²) in [5.41, 5.74) is 5.96. The highest BCUT2D eigenvalue weighted by Crippen LogP contribution is 2.70. The number of aliphatic hydroxyl groups is 2. The van der Waals surface area contributed by atoms with Crippen LogP contribution in [0.2, 0.25) is 0 Å². The quantitative estimate of drug-likeness (QED) is 0.184. The number of hydrogen-bond donors (Lipinski definition) is 6. The van der Waals surface area contributed by atoms with Gasteiger partial charge in [-0.25, -0.2) is 4.98 Å². The fourth-order valence-corrected chi connectivity index (χ4v) is 11.0. The molecule has 15 heteroatoms. The van der Waals surface area contributed by atoms with Gasteiger partial charge in [-0.15, -0.1) is 11.3 Å². The number of rotatable bonds is 12. The zero-order valence-corrected chi connectivity index (χ0v) is 31.0. The van der Waals surface area contributed by atoms with E-state index >= 15 is 0 Å². The molecule has 10 atom stereocenters. The molecule has 1 saturated heterocycles. The first-order valence-corrected chi connectivity index (χ1v) is 19.3. The van der Waals surface area contributed by atoms with Crippen LogP contribution >= 0.6 is 11.3 Å². The number of carbonyl (C=O) groups is 5. The maximum absolute atomic E-state index is 13.9. The van der Waals surface area contributed by atoms with Crippen LogP contribution in [0.25, 0.3) is 0 Å². The molecular formula is C39H46N4O10S. The Morgan fingerprint density at radius 1 is 1.17 bits per heavy atom. The highest BCUT2D eigenvalue weighted by Gasteiger charge is 2.75. The standard InChI is InChI=1S/C39H46N4O10S/c1-37-12-11-24(45)14-22(37)7-8-25-26-15-30-39(29(47)18-44,38(26,2)16-28(46)33(25)37)53-35(52-30)21-5-3-20(4-6-21)13-23-19-54-36(41-23)43-34(51)27(9-10-32(49)50)42-31(48)17-40/h3-6,11-12,14,19,25-28,30,33,35,44,46H,7-10,13,15-18,40H2,1-2H3,(H,42,48)(H,49,50)(H,41,43,51)/t25-,26-,27-,28-,30+,33+,35+,37-,38-,39+/m0/s1. The number of ketones is 2. The summed E-state index contributed by atoms with van der Waals surface area (Å²) in [7, 11) is 0. The van der Waals surface area contributed by atoms with Gasteiger partial charge >= 0.3 is 5.97 Å². The topological polar surface area (TPSA) is 227 Å². The van der Waals surface area contributed by atoms with E-state index in [4.69, 9.17) is 20.3 Å². The Bertz CT molecular complexity index is 1910. The molecule has 1 aliphatic heterocycles. The molecule has 2 aromatic rings. The predicted octanol–water partition coefficient (Wildman–Crippen LogP) is 2.58. The van der Waals surface area contributed by atoms with E-state index < -0.39 is 71.1 Å². The summed E-state index contributed by atoms with van der Waals surface area (Å²) in [5.74, 6) is -2.83. The summed E-state index contributed by atoms with van der Waals surface area (Å²) in [6.07, 6.45) is 5.37. The Kier molecular flexibility index (Phi) is 10.3. The second-order valence-corrected chi connectivity index (χ2v) is 16.5. The van der Waals surface area contributed by atoms with Crippen molar-refractivity contribution < 1.29 is 48.8 Å². The van der Waals surface area contributed by atoms with Gasteiger partial charge in [0.25, 0.3) is 0 Å². The molecule has 54 heavy (non-hydrogen) atoms. The maximum Gasteiger partial charge on any atom is 0.303 e. The van der Waals surface area contributed by atoms with Crippen molar-refractivity contribution in [1.82, 2.24) is 10.3 Å². The van der Waals surface area contributed by atoms with E-state index in [2.05, 4.69) is 22.5 Å². The molecule has 4 fully saturated rings. The Hall–Kier alpha value is -4.12. The van der Waals surface area contributed by atoms with Crippen LogP contribution in [0.15, 0.2) is 53.4 Å². The number of thiazole rings is 1. The van der Waals surface area contributed by atoms with Gasteiger partial charge in [-0.3, -0.25) is 24.0 Å². The molecule has 7 N–H and O–H groups in total. The second kappa shape index (κ2) is 14.5. The van der Waals surface area contributed by atoms with Crippen LogP contribution in [0.3, 0.4) is 0 Å². The van der Waals surface area contributed by atoms with Crippen LogP contribution in [0, 0.1) is 28.6 Å². The van der Waals surface area contributed by atoms with Gasteiger partial charge in [-0.2, -0.15) is 0 Å². The molecule has 0 bridgehead atoms. The van der Waals surface area contributed by atoms with Crippen LogP contribution in [0.4, 0.5) is 5.13 Å². The summed E-state index contributed by atoms with van der Waals surface area (Å²) in [6, 6.07) is 6.43. The molecule has 3 saturated carbocycles. The van der Waals surface area contributed by atoms with E-state index in [0.717, 1.165) is 24.0 Å². The van der Waals surface area contributed by atoms with Crippen LogP contribution in [-0.4, -0.2) is 86.7 Å². The number of aliphatic hydroxyl groups excluding tert-OH is 2. The number of carboxylic acids is 1. The zero-order valence-electron chi connectivity index (χ0n) is 30.2. The number of aromatic nitrogens is 1. The van der Waals surface area contributed by atoms with Crippen molar-refractivity contribution in [2.75, 3.05) is 18.5 Å². The number of carbonyl (C=O) groups excluding carboxylic acids is 4. The fourth-order valence-electron chi connectivity index (χ4n) is 10.3.